The van der Waals surface area contributed by atoms with Crippen LogP contribution >= 0.6 is 0 Å². The zero-order valence-corrected chi connectivity index (χ0v) is 39.5. The lowest BCUT2D eigenvalue weighted by Gasteiger charge is -2.45. The van der Waals surface area contributed by atoms with E-state index in [1.165, 1.54) is 89.5 Å². The Balaban J connectivity index is 1.10. The Bertz CT molecular complexity index is 3260. The summed E-state index contributed by atoms with van der Waals surface area (Å²) in [6.45, 7) is 26.7. The molecule has 2 aliphatic carbocycles. The van der Waals surface area contributed by atoms with Crippen LogP contribution in [0.2, 0.25) is 0 Å². The van der Waals surface area contributed by atoms with Crippen LogP contribution in [0.3, 0.4) is 0 Å². The summed E-state index contributed by atoms with van der Waals surface area (Å²) in [5.41, 5.74) is 23.6. The second kappa shape index (κ2) is 12.8. The van der Waals surface area contributed by atoms with E-state index in [2.05, 4.69) is 213 Å². The molecule has 4 aliphatic rings. The number of fused-ring (bicyclic) bond motifs is 9. The van der Waals surface area contributed by atoms with Gasteiger partial charge in [-0.2, -0.15) is 0 Å². The third-order valence-electron chi connectivity index (χ3n) is 15.8. The molecule has 8 aromatic rings. The lowest BCUT2D eigenvalue weighted by atomic mass is 9.33. The quantitative estimate of drug-likeness (QED) is 0.165. The van der Waals surface area contributed by atoms with Gasteiger partial charge in [0.1, 0.15) is 11.2 Å². The highest BCUT2D eigenvalue weighted by Gasteiger charge is 2.50. The molecule has 3 nitrogen and oxygen atoms in total. The van der Waals surface area contributed by atoms with Gasteiger partial charge in [0.05, 0.1) is 0 Å². The summed E-state index contributed by atoms with van der Waals surface area (Å²) in [6.07, 6.45) is 2.25. The maximum atomic E-state index is 6.21. The monoisotopic (exact) mass is 834 g/mol. The molecule has 7 aromatic carbocycles. The topological polar surface area (TPSA) is 19.6 Å². The van der Waals surface area contributed by atoms with Crippen molar-refractivity contribution in [1.82, 2.24) is 0 Å². The van der Waals surface area contributed by atoms with E-state index in [9.17, 15) is 0 Å². The van der Waals surface area contributed by atoms with Crippen LogP contribution in [0, 0.1) is 0 Å². The number of hydrogen-bond acceptors (Lipinski definition) is 3. The van der Waals surface area contributed by atoms with E-state index in [0.29, 0.717) is 0 Å². The van der Waals surface area contributed by atoms with E-state index in [1.54, 1.807) is 0 Å². The first kappa shape index (κ1) is 39.6. The second-order valence-corrected chi connectivity index (χ2v) is 23.3. The van der Waals surface area contributed by atoms with E-state index in [4.69, 9.17) is 4.42 Å². The van der Waals surface area contributed by atoms with Crippen molar-refractivity contribution in [1.29, 1.82) is 0 Å². The Morgan fingerprint density at radius 3 is 1.45 bits per heavy atom. The van der Waals surface area contributed by atoms with E-state index < -0.39 is 0 Å². The summed E-state index contributed by atoms with van der Waals surface area (Å²) >= 11 is 0. The fourth-order valence-electron chi connectivity index (χ4n) is 13.2. The maximum absolute atomic E-state index is 6.21. The standard InChI is InChI=1S/C60H59BN2O/c1-56(2,3)38-22-26-40(27-23-38)63-50-17-14-16-49-55(50)61(48-31-44-46(33-52(48)63)60(10,11)35-58(44,6)7)47-30-43-45(59(8,9)34-57(43,4)5)32-51(47)62(49)39-24-19-36(20-25-39)37-21-28-54-42(29-37)41-15-12-13-18-53(41)64-54/h12-33H,34-35H2,1-11H3. The average Bonchev–Trinajstić information content (AvgIpc) is 3.78. The Hall–Kier alpha value is -6.00. The van der Waals surface area contributed by atoms with Crippen LogP contribution in [0.1, 0.15) is 117 Å². The Labute approximate surface area is 380 Å². The Morgan fingerprint density at radius 1 is 0.453 bits per heavy atom. The van der Waals surface area contributed by atoms with Gasteiger partial charge in [-0.3, -0.25) is 0 Å². The fraction of sp³-hybridized carbons (Fsp3) is 0.300. The minimum atomic E-state index is 0.0539. The maximum Gasteiger partial charge on any atom is 0.252 e. The molecule has 2 aliphatic heterocycles. The molecular formula is C60H59BN2O. The first-order valence-electron chi connectivity index (χ1n) is 23.5. The van der Waals surface area contributed by atoms with Gasteiger partial charge in [0.15, 0.2) is 0 Å². The fourth-order valence-corrected chi connectivity index (χ4v) is 13.2. The SMILES string of the molecule is CC(C)(C)c1ccc(N2c3cc4c(cc3B3c5cc6c(cc5N(c5ccc(-c7ccc8oc9ccccc9c8c7)cc5)c5cccc2c53)C(C)(C)CC6(C)C)C(C)(C)CC4(C)C)cc1. The summed E-state index contributed by atoms with van der Waals surface area (Å²) in [7, 11) is 0. The molecule has 0 unspecified atom stereocenters. The molecule has 0 spiro atoms. The highest BCUT2D eigenvalue weighted by molar-refractivity contribution is 7.00. The van der Waals surface area contributed by atoms with E-state index in [0.717, 1.165) is 34.8 Å². The van der Waals surface area contributed by atoms with E-state index in [1.807, 2.05) is 6.07 Å². The number of hydrogen-bond donors (Lipinski definition) is 0. The summed E-state index contributed by atoms with van der Waals surface area (Å²) in [6, 6.07) is 51.2. The van der Waals surface area contributed by atoms with E-state index >= 15 is 0 Å². The molecule has 0 radical (unpaired) electrons. The molecule has 0 amide bonds. The van der Waals surface area contributed by atoms with Crippen molar-refractivity contribution in [3.63, 3.8) is 0 Å². The molecule has 0 saturated carbocycles. The van der Waals surface area contributed by atoms with Crippen LogP contribution in [-0.4, -0.2) is 6.71 Å². The van der Waals surface area contributed by atoms with Gasteiger partial charge < -0.3 is 14.2 Å². The Morgan fingerprint density at radius 2 is 0.922 bits per heavy atom. The van der Waals surface area contributed by atoms with Crippen molar-refractivity contribution < 1.29 is 4.42 Å². The average molecular weight is 835 g/mol. The van der Waals surface area contributed by atoms with Crippen LogP contribution in [0.5, 0.6) is 0 Å². The highest BCUT2D eigenvalue weighted by atomic mass is 16.3. The lowest BCUT2D eigenvalue weighted by Crippen LogP contribution is -2.61. The third kappa shape index (κ3) is 5.60. The summed E-state index contributed by atoms with van der Waals surface area (Å²) in [5, 5.41) is 2.31. The van der Waals surface area contributed by atoms with Gasteiger partial charge >= 0.3 is 0 Å². The molecule has 0 N–H and O–H groups in total. The van der Waals surface area contributed by atoms with Gasteiger partial charge in [-0.1, -0.05) is 143 Å². The first-order valence-corrected chi connectivity index (χ1v) is 23.5. The number of anilines is 6. The molecule has 0 saturated heterocycles. The molecule has 318 valence electrons. The van der Waals surface area contributed by atoms with Gasteiger partial charge in [0.25, 0.3) is 6.71 Å². The number of benzene rings is 7. The lowest BCUT2D eigenvalue weighted by molar-refractivity contribution is 0.403. The van der Waals surface area contributed by atoms with Crippen LogP contribution in [-0.2, 0) is 27.1 Å². The molecule has 12 rings (SSSR count). The number of nitrogens with zero attached hydrogens (tertiary/aromatic N) is 2. The Kier molecular flexibility index (Phi) is 7.94. The van der Waals surface area contributed by atoms with Crippen LogP contribution in [0.15, 0.2) is 138 Å². The minimum Gasteiger partial charge on any atom is -0.456 e. The summed E-state index contributed by atoms with van der Waals surface area (Å²) in [4.78, 5) is 5.19. The summed E-state index contributed by atoms with van der Waals surface area (Å²) in [5.74, 6) is 0. The molecule has 0 fully saturated rings. The molecule has 0 bridgehead atoms. The van der Waals surface area contributed by atoms with Gasteiger partial charge in [-0.15, -0.1) is 0 Å². The summed E-state index contributed by atoms with van der Waals surface area (Å²) < 4.78 is 6.21. The molecule has 1 aromatic heterocycles. The second-order valence-electron chi connectivity index (χ2n) is 23.3. The van der Waals surface area contributed by atoms with Crippen molar-refractivity contribution in [2.45, 2.75) is 116 Å². The zero-order valence-electron chi connectivity index (χ0n) is 39.5. The van der Waals surface area contributed by atoms with Crippen molar-refractivity contribution in [2.24, 2.45) is 0 Å². The van der Waals surface area contributed by atoms with Crippen LogP contribution in [0.25, 0.3) is 33.1 Å². The molecular weight excluding hydrogens is 775 g/mol. The van der Waals surface area contributed by atoms with E-state index in [-0.39, 0.29) is 33.8 Å². The molecule has 4 heteroatoms. The molecule has 3 heterocycles. The van der Waals surface area contributed by atoms with Crippen molar-refractivity contribution in [2.75, 3.05) is 9.80 Å². The molecule has 0 atom stereocenters. The third-order valence-corrected chi connectivity index (χ3v) is 15.8. The van der Waals surface area contributed by atoms with Gasteiger partial charge in [0, 0.05) is 44.9 Å². The zero-order chi connectivity index (χ0) is 44.5. The van der Waals surface area contributed by atoms with Gasteiger partial charge in [-0.05, 0) is 162 Å². The smallest absolute Gasteiger partial charge is 0.252 e. The normalized spacial score (nSPS) is 18.2. The van der Waals surface area contributed by atoms with Crippen molar-refractivity contribution >= 4 is 79.2 Å². The van der Waals surface area contributed by atoms with Crippen LogP contribution < -0.4 is 26.2 Å². The molecule has 64 heavy (non-hydrogen) atoms. The predicted molar refractivity (Wildman–Crippen MR) is 273 cm³/mol. The van der Waals surface area contributed by atoms with Gasteiger partial charge in [-0.25, -0.2) is 0 Å². The van der Waals surface area contributed by atoms with Crippen molar-refractivity contribution in [3.05, 3.63) is 161 Å². The minimum absolute atomic E-state index is 0.0539. The number of furan rings is 1. The highest BCUT2D eigenvalue weighted by Crippen LogP contribution is 2.55. The predicted octanol–water partition coefficient (Wildman–Crippen LogP) is 14.6. The number of para-hydroxylation sites is 1. The van der Waals surface area contributed by atoms with Crippen molar-refractivity contribution in [3.8, 4) is 11.1 Å². The first-order chi connectivity index (χ1) is 30.3. The van der Waals surface area contributed by atoms with Crippen LogP contribution in [0.4, 0.5) is 34.1 Å². The largest absolute Gasteiger partial charge is 0.456 e. The number of rotatable bonds is 3. The van der Waals surface area contributed by atoms with Gasteiger partial charge in [0.2, 0.25) is 0 Å².